The Kier molecular flexibility index (Phi) is 12.9. The van der Waals surface area contributed by atoms with Gasteiger partial charge in [-0.3, -0.25) is 0 Å². The van der Waals surface area contributed by atoms with Gasteiger partial charge < -0.3 is 0 Å². The zero-order chi connectivity index (χ0) is 11.2. The van der Waals surface area contributed by atoms with Gasteiger partial charge in [-0.05, 0) is 50.4 Å². The first-order valence-corrected chi connectivity index (χ1v) is 2.61. The summed E-state index contributed by atoms with van der Waals surface area (Å²) >= 11 is 0. The first kappa shape index (κ1) is 14.4. The predicted molar refractivity (Wildman–Crippen MR) is 23.1 cm³/mol. The Balaban J connectivity index is 2.81. The fourth-order valence-corrected chi connectivity index (χ4v) is 0.168. The van der Waals surface area contributed by atoms with Crippen LogP contribution in [0.4, 0.5) is 0 Å². The van der Waals surface area contributed by atoms with Gasteiger partial charge in [-0.25, -0.2) is 10.5 Å². The molecule has 0 aliphatic carbocycles. The van der Waals surface area contributed by atoms with Crippen LogP contribution in [0.15, 0.2) is 0 Å². The van der Waals surface area contributed by atoms with E-state index in [2.05, 4.69) is 60.2 Å². The van der Waals surface area contributed by atoms with E-state index >= 15 is 0 Å². The summed E-state index contributed by atoms with van der Waals surface area (Å²) < 4.78 is 0. The highest BCUT2D eigenvalue weighted by Crippen LogP contribution is 1.89. The maximum absolute atomic E-state index is 7.47. The summed E-state index contributed by atoms with van der Waals surface area (Å²) in [5.74, 6) is 0. The third-order valence-corrected chi connectivity index (χ3v) is 0.420. The van der Waals surface area contributed by atoms with Crippen LogP contribution < -0.4 is 0 Å². The van der Waals surface area contributed by atoms with Gasteiger partial charge in [0.05, 0.1) is 0 Å². The van der Waals surface area contributed by atoms with E-state index in [4.69, 9.17) is 10.5 Å². The van der Waals surface area contributed by atoms with Crippen LogP contribution in [0, 0.1) is 0 Å². The highest BCUT2D eigenvalue weighted by atomic mass is 17.9. The van der Waals surface area contributed by atoms with Gasteiger partial charge in [0, 0.05) is 0 Å². The molecule has 2 N–H and O–H groups in total. The Morgan fingerprint density at radius 2 is 0.933 bits per heavy atom. The van der Waals surface area contributed by atoms with Gasteiger partial charge in [-0.15, -0.1) is 0 Å². The third-order valence-electron chi connectivity index (χ3n) is 0.420. The minimum Gasteiger partial charge on any atom is -0.219 e. The Hall–Kier alpha value is -0.560. The standard InChI is InChI=1S/CH4O14/c2-6-10-14-12-8-4-1-5-9-13-15-11-7-3/h2-3H,1H2. The van der Waals surface area contributed by atoms with Crippen molar-refractivity contribution in [3.05, 3.63) is 0 Å². The molecule has 92 valence electrons. The van der Waals surface area contributed by atoms with Crippen molar-refractivity contribution in [3.8, 4) is 0 Å². The van der Waals surface area contributed by atoms with E-state index in [9.17, 15) is 0 Å². The largest absolute Gasteiger partial charge is 0.221 e. The fraction of sp³-hybridized carbons (Fsp3) is 1.00. The molecule has 0 saturated heterocycles. The minimum atomic E-state index is -0.688. The van der Waals surface area contributed by atoms with Crippen LogP contribution in [-0.4, -0.2) is 17.3 Å². The zero-order valence-electron chi connectivity index (χ0n) is 6.50. The van der Waals surface area contributed by atoms with E-state index in [1.807, 2.05) is 0 Å². The first-order valence-electron chi connectivity index (χ1n) is 2.61. The van der Waals surface area contributed by atoms with E-state index in [1.54, 1.807) is 0 Å². The summed E-state index contributed by atoms with van der Waals surface area (Å²) in [6, 6.07) is 0. The molecule has 0 amide bonds. The quantitative estimate of drug-likeness (QED) is 0.190. The van der Waals surface area contributed by atoms with Crippen LogP contribution in [0.5, 0.6) is 0 Å². The van der Waals surface area contributed by atoms with Gasteiger partial charge in [0.2, 0.25) is 6.79 Å². The van der Waals surface area contributed by atoms with Crippen molar-refractivity contribution in [2.45, 2.75) is 0 Å². The molecular formula is CH4O14. The van der Waals surface area contributed by atoms with Crippen molar-refractivity contribution in [1.82, 2.24) is 0 Å². The number of hydrogen-bond acceptors (Lipinski definition) is 14. The van der Waals surface area contributed by atoms with Crippen LogP contribution in [0.3, 0.4) is 0 Å². The average Bonchev–Trinajstić information content (AvgIpc) is 2.26. The lowest BCUT2D eigenvalue weighted by Crippen LogP contribution is -2.05. The summed E-state index contributed by atoms with van der Waals surface area (Å²) in [5.41, 5.74) is 0. The van der Waals surface area contributed by atoms with Gasteiger partial charge in [0.1, 0.15) is 0 Å². The number of hydrogen-bond donors (Lipinski definition) is 2. The molecule has 0 atom stereocenters. The molecule has 0 aliphatic heterocycles. The Bertz CT molecular complexity index is 89.5. The van der Waals surface area contributed by atoms with Crippen LogP contribution >= 0.6 is 0 Å². The molecule has 0 rings (SSSR count). The minimum absolute atomic E-state index is 0.688. The van der Waals surface area contributed by atoms with Gasteiger partial charge in [0.15, 0.2) is 0 Å². The van der Waals surface area contributed by atoms with E-state index in [0.29, 0.717) is 0 Å². The summed E-state index contributed by atoms with van der Waals surface area (Å²) in [6.07, 6.45) is 0. The Morgan fingerprint density at radius 3 is 1.33 bits per heavy atom. The first-order chi connectivity index (χ1) is 7.41. The normalized spacial score (nSPS) is 10.8. The highest BCUT2D eigenvalue weighted by molar-refractivity contribution is 3.69. The maximum Gasteiger partial charge on any atom is 0.221 e. The molecule has 0 heterocycles. The monoisotopic (exact) mass is 240 g/mol. The molecule has 0 fully saturated rings. The van der Waals surface area contributed by atoms with Crippen molar-refractivity contribution >= 4 is 0 Å². The van der Waals surface area contributed by atoms with Crippen molar-refractivity contribution in [3.63, 3.8) is 0 Å². The molecule has 14 heteroatoms. The van der Waals surface area contributed by atoms with Crippen molar-refractivity contribution in [1.29, 1.82) is 0 Å². The van der Waals surface area contributed by atoms with E-state index in [-0.39, 0.29) is 0 Å². The smallest absolute Gasteiger partial charge is 0.219 e. The van der Waals surface area contributed by atoms with Crippen molar-refractivity contribution in [2.75, 3.05) is 6.79 Å². The topological polar surface area (TPSA) is 151 Å². The summed E-state index contributed by atoms with van der Waals surface area (Å²) in [6.45, 7) is -0.688. The Morgan fingerprint density at radius 1 is 0.533 bits per heavy atom. The molecule has 0 spiro atoms. The van der Waals surface area contributed by atoms with Crippen molar-refractivity contribution < 1.29 is 70.7 Å². The molecule has 0 bridgehead atoms. The molecule has 0 aromatic heterocycles. The average molecular weight is 240 g/mol. The van der Waals surface area contributed by atoms with E-state index in [0.717, 1.165) is 0 Å². The lowest BCUT2D eigenvalue weighted by atomic mass is 11.5. The molecule has 0 radical (unpaired) electrons. The predicted octanol–water partition coefficient (Wildman–Crippen LogP) is -0.761. The molecule has 0 aromatic carbocycles. The second kappa shape index (κ2) is 13.4. The van der Waals surface area contributed by atoms with Gasteiger partial charge in [-0.2, -0.15) is 9.78 Å². The lowest BCUT2D eigenvalue weighted by molar-refractivity contribution is -0.805. The SMILES string of the molecule is OOOOOOOCOOOOOOO. The molecule has 14 nitrogen and oxygen atoms in total. The second-order valence-electron chi connectivity index (χ2n) is 1.05. The molecule has 0 aromatic rings. The molecule has 15 heavy (non-hydrogen) atoms. The summed E-state index contributed by atoms with van der Waals surface area (Å²) in [5, 5.41) is 48.4. The summed E-state index contributed by atoms with van der Waals surface area (Å²) in [4.78, 5) is 7.84. The van der Waals surface area contributed by atoms with Gasteiger partial charge in [-0.1, -0.05) is 0 Å². The fourth-order valence-electron chi connectivity index (χ4n) is 0.168. The number of rotatable bonds is 12. The van der Waals surface area contributed by atoms with Crippen LogP contribution in [0.1, 0.15) is 0 Å². The molecule has 0 saturated carbocycles. The van der Waals surface area contributed by atoms with E-state index in [1.165, 1.54) is 0 Å². The summed E-state index contributed by atoms with van der Waals surface area (Å²) in [7, 11) is 0. The lowest BCUT2D eigenvalue weighted by Gasteiger charge is -1.99. The zero-order valence-corrected chi connectivity index (χ0v) is 6.50. The second-order valence-corrected chi connectivity index (χ2v) is 1.05. The molecule has 0 aliphatic rings. The third kappa shape index (κ3) is 13.4. The molecular weight excluding hydrogens is 236 g/mol. The van der Waals surface area contributed by atoms with Crippen LogP contribution in [-0.2, 0) is 60.2 Å². The van der Waals surface area contributed by atoms with Gasteiger partial charge >= 0.3 is 0 Å². The van der Waals surface area contributed by atoms with Crippen molar-refractivity contribution in [2.24, 2.45) is 0 Å². The van der Waals surface area contributed by atoms with Crippen LogP contribution in [0.25, 0.3) is 0 Å². The van der Waals surface area contributed by atoms with Gasteiger partial charge in [0.25, 0.3) is 0 Å². The van der Waals surface area contributed by atoms with Crippen LogP contribution in [0.2, 0.25) is 0 Å². The molecule has 0 unspecified atom stereocenters. The van der Waals surface area contributed by atoms with E-state index < -0.39 is 6.79 Å². The maximum atomic E-state index is 7.47. The Labute approximate surface area is 78.8 Å². The highest BCUT2D eigenvalue weighted by Gasteiger charge is 1.95.